The maximum Gasteiger partial charge on any atom is 0.124 e. The van der Waals surface area contributed by atoms with Crippen LogP contribution in [0.5, 0.6) is 5.75 Å². The molecule has 1 aliphatic rings. The van der Waals surface area contributed by atoms with E-state index >= 15 is 0 Å². The summed E-state index contributed by atoms with van der Waals surface area (Å²) in [5.41, 5.74) is 4.96. The van der Waals surface area contributed by atoms with E-state index in [1.54, 1.807) is 12.2 Å². The van der Waals surface area contributed by atoms with Gasteiger partial charge in [0.15, 0.2) is 0 Å². The van der Waals surface area contributed by atoms with E-state index in [0.717, 1.165) is 54.9 Å². The Balaban J connectivity index is 1.43. The second-order valence-corrected chi connectivity index (χ2v) is 11.0. The molecule has 206 valence electrons. The van der Waals surface area contributed by atoms with Crippen molar-refractivity contribution in [1.82, 2.24) is 20.0 Å². The van der Waals surface area contributed by atoms with E-state index in [1.807, 2.05) is 38.1 Å². The molecule has 4 rings (SSSR count). The van der Waals surface area contributed by atoms with Crippen LogP contribution in [0.3, 0.4) is 0 Å². The molecule has 39 heavy (non-hydrogen) atoms. The van der Waals surface area contributed by atoms with Crippen LogP contribution in [0.4, 0.5) is 0 Å². The number of nitrogens with one attached hydrogen (secondary N) is 1. The fourth-order valence-electron chi connectivity index (χ4n) is 4.85. The number of hydrogen-bond donors (Lipinski definition) is 1. The highest BCUT2D eigenvalue weighted by Gasteiger charge is 2.19. The van der Waals surface area contributed by atoms with Gasteiger partial charge < -0.3 is 4.74 Å². The molecule has 1 unspecified atom stereocenters. The first-order chi connectivity index (χ1) is 18.8. The molecule has 0 aliphatic carbocycles. The zero-order valence-electron chi connectivity index (χ0n) is 23.3. The maximum absolute atomic E-state index is 6.41. The van der Waals surface area contributed by atoms with Crippen molar-refractivity contribution in [2.24, 2.45) is 0 Å². The molecule has 0 spiro atoms. The van der Waals surface area contributed by atoms with Crippen molar-refractivity contribution in [2.45, 2.75) is 46.4 Å². The minimum atomic E-state index is -0.361. The van der Waals surface area contributed by atoms with Gasteiger partial charge in [-0.05, 0) is 63.1 Å². The Morgan fingerprint density at radius 3 is 2.41 bits per heavy atom. The Bertz CT molecular complexity index is 1360. The van der Waals surface area contributed by atoms with Crippen LogP contribution in [0.15, 0.2) is 76.8 Å². The molecule has 0 amide bonds. The van der Waals surface area contributed by atoms with Crippen LogP contribution >= 0.6 is 23.2 Å². The Labute approximate surface area is 242 Å². The van der Waals surface area contributed by atoms with E-state index < -0.39 is 0 Å². The van der Waals surface area contributed by atoms with E-state index in [0.29, 0.717) is 27.4 Å². The van der Waals surface area contributed by atoms with Gasteiger partial charge in [-0.3, -0.25) is 14.9 Å². The smallest absolute Gasteiger partial charge is 0.124 e. The van der Waals surface area contributed by atoms with Gasteiger partial charge in [-0.25, -0.2) is 0 Å². The molecule has 5 nitrogen and oxygen atoms in total. The fourth-order valence-corrected chi connectivity index (χ4v) is 5.41. The monoisotopic (exact) mass is 564 g/mol. The molecular formula is C32H38Cl2N4O. The summed E-state index contributed by atoms with van der Waals surface area (Å²) in [6, 6.07) is 15.3. The SMILES string of the molecule is C=C/C(Cl)=C(\C(Cl)=C/C)C(C)Oc1ccc2[nH]nc(/C=C/c3ccc(CN4CCN(C(C)C)CC4)cc3)c2c1. The van der Waals surface area contributed by atoms with Crippen LogP contribution in [-0.2, 0) is 6.54 Å². The first-order valence-electron chi connectivity index (χ1n) is 13.5. The molecule has 3 aromatic rings. The molecule has 1 fully saturated rings. The van der Waals surface area contributed by atoms with Crippen molar-refractivity contribution >= 4 is 46.3 Å². The Hall–Kier alpha value is -2.83. The number of allylic oxidation sites excluding steroid dienone is 3. The molecule has 1 saturated heterocycles. The lowest BCUT2D eigenvalue weighted by Crippen LogP contribution is -2.48. The number of ether oxygens (including phenoxy) is 1. The van der Waals surface area contributed by atoms with Gasteiger partial charge in [-0.15, -0.1) is 0 Å². The first-order valence-corrected chi connectivity index (χ1v) is 14.3. The summed E-state index contributed by atoms with van der Waals surface area (Å²) < 4.78 is 6.22. The summed E-state index contributed by atoms with van der Waals surface area (Å²) in [7, 11) is 0. The van der Waals surface area contributed by atoms with E-state index in [-0.39, 0.29) is 6.10 Å². The fraction of sp³-hybridized carbons (Fsp3) is 0.344. The highest BCUT2D eigenvalue weighted by molar-refractivity contribution is 6.36. The van der Waals surface area contributed by atoms with Crippen LogP contribution in [0.25, 0.3) is 23.1 Å². The van der Waals surface area contributed by atoms with E-state index in [2.05, 4.69) is 70.8 Å². The van der Waals surface area contributed by atoms with Gasteiger partial charge in [-0.2, -0.15) is 5.10 Å². The van der Waals surface area contributed by atoms with Crippen LogP contribution in [0, 0.1) is 0 Å². The average molecular weight is 566 g/mol. The number of fused-ring (bicyclic) bond motifs is 1. The summed E-state index contributed by atoms with van der Waals surface area (Å²) >= 11 is 12.8. The number of halogens is 2. The Morgan fingerprint density at radius 1 is 1.05 bits per heavy atom. The molecule has 2 aromatic carbocycles. The van der Waals surface area contributed by atoms with Crippen molar-refractivity contribution in [1.29, 1.82) is 0 Å². The second kappa shape index (κ2) is 13.5. The minimum Gasteiger partial charge on any atom is -0.486 e. The lowest BCUT2D eigenvalue weighted by Gasteiger charge is -2.36. The van der Waals surface area contributed by atoms with Gasteiger partial charge in [0.1, 0.15) is 11.9 Å². The van der Waals surface area contributed by atoms with Crippen LogP contribution in [0.1, 0.15) is 44.5 Å². The Kier molecular flexibility index (Phi) is 10.1. The number of H-pyrrole nitrogens is 1. The second-order valence-electron chi connectivity index (χ2n) is 10.2. The number of hydrogen-bond acceptors (Lipinski definition) is 4. The van der Waals surface area contributed by atoms with Gasteiger partial charge in [0.05, 0.1) is 11.2 Å². The third-order valence-electron chi connectivity index (χ3n) is 7.19. The first kappa shape index (κ1) is 29.2. The number of aromatic nitrogens is 2. The Morgan fingerprint density at radius 2 is 1.77 bits per heavy atom. The molecule has 7 heteroatoms. The third kappa shape index (κ3) is 7.43. The summed E-state index contributed by atoms with van der Waals surface area (Å²) in [5, 5.41) is 9.61. The van der Waals surface area contributed by atoms with Crippen molar-refractivity contribution in [3.8, 4) is 5.75 Å². The molecule has 0 bridgehead atoms. The molecule has 1 atom stereocenters. The number of rotatable bonds is 10. The van der Waals surface area contributed by atoms with Crippen LogP contribution in [0.2, 0.25) is 0 Å². The minimum absolute atomic E-state index is 0.361. The van der Waals surface area contributed by atoms with E-state index in [1.165, 1.54) is 5.56 Å². The highest BCUT2D eigenvalue weighted by atomic mass is 35.5. The van der Waals surface area contributed by atoms with E-state index in [9.17, 15) is 0 Å². The van der Waals surface area contributed by atoms with Gasteiger partial charge >= 0.3 is 0 Å². The van der Waals surface area contributed by atoms with Gasteiger partial charge in [0.2, 0.25) is 0 Å². The van der Waals surface area contributed by atoms with Crippen molar-refractivity contribution in [3.05, 3.63) is 93.7 Å². The number of benzene rings is 2. The van der Waals surface area contributed by atoms with Gasteiger partial charge in [0, 0.05) is 59.8 Å². The summed E-state index contributed by atoms with van der Waals surface area (Å²) in [6.07, 6.45) is 7.13. The number of piperazine rings is 1. The molecule has 1 N–H and O–H groups in total. The topological polar surface area (TPSA) is 44.4 Å². The van der Waals surface area contributed by atoms with Gasteiger partial charge in [-0.1, -0.05) is 72.3 Å². The molecule has 1 aromatic heterocycles. The van der Waals surface area contributed by atoms with Crippen LogP contribution < -0.4 is 4.74 Å². The van der Waals surface area contributed by atoms with E-state index in [4.69, 9.17) is 27.9 Å². The predicted octanol–water partition coefficient (Wildman–Crippen LogP) is 7.85. The number of aromatic amines is 1. The normalized spacial score (nSPS) is 17.2. The lowest BCUT2D eigenvalue weighted by atomic mass is 10.1. The zero-order valence-corrected chi connectivity index (χ0v) is 24.8. The van der Waals surface area contributed by atoms with Gasteiger partial charge in [0.25, 0.3) is 0 Å². The highest BCUT2D eigenvalue weighted by Crippen LogP contribution is 2.30. The predicted molar refractivity (Wildman–Crippen MR) is 166 cm³/mol. The number of nitrogens with zero attached hydrogens (tertiary/aromatic N) is 3. The largest absolute Gasteiger partial charge is 0.486 e. The molecule has 0 radical (unpaired) electrons. The zero-order chi connectivity index (χ0) is 27.9. The molecule has 2 heterocycles. The maximum atomic E-state index is 6.41. The van der Waals surface area contributed by atoms with Crippen molar-refractivity contribution in [3.63, 3.8) is 0 Å². The van der Waals surface area contributed by atoms with Crippen LogP contribution in [-0.4, -0.2) is 58.3 Å². The van der Waals surface area contributed by atoms with Crippen molar-refractivity contribution in [2.75, 3.05) is 26.2 Å². The average Bonchev–Trinajstić information content (AvgIpc) is 3.35. The third-order valence-corrected chi connectivity index (χ3v) is 7.97. The molecule has 1 aliphatic heterocycles. The molecule has 0 saturated carbocycles. The molecular weight excluding hydrogens is 527 g/mol. The summed E-state index contributed by atoms with van der Waals surface area (Å²) in [5.74, 6) is 0.705. The standard InChI is InChI=1S/C32H38Cl2N4O/c1-6-28(33)32(29(34)7-2)23(5)39-26-13-15-31-27(20-26)30(35-36-31)14-12-24-8-10-25(11-9-24)21-37-16-18-38(19-17-37)22(3)4/h6-15,20,22-23H,1,16-19,21H2,2-5H3,(H,35,36)/b14-12+,29-7+,32-28+. The summed E-state index contributed by atoms with van der Waals surface area (Å²) in [4.78, 5) is 5.09. The lowest BCUT2D eigenvalue weighted by molar-refractivity contribution is 0.104. The van der Waals surface area contributed by atoms with Crippen molar-refractivity contribution < 1.29 is 4.74 Å². The summed E-state index contributed by atoms with van der Waals surface area (Å²) in [6.45, 7) is 17.6. The quantitative estimate of drug-likeness (QED) is 0.254.